The van der Waals surface area contributed by atoms with Crippen LogP contribution >= 0.6 is 0 Å². The fraction of sp³-hybridized carbons (Fsp3) is 0.190. The number of nitrogens with one attached hydrogen (secondary N) is 1. The van der Waals surface area contributed by atoms with Gasteiger partial charge in [0, 0.05) is 23.4 Å². The molecule has 2 amide bonds. The first kappa shape index (κ1) is 37.3. The maximum absolute atomic E-state index is 13.6. The Kier molecular flexibility index (Phi) is 11.1. The minimum atomic E-state index is -4.68. The molecule has 0 bridgehead atoms. The molecule has 1 aliphatic rings. The molecule has 0 fully saturated rings. The lowest BCUT2D eigenvalue weighted by molar-refractivity contribution is -0.139. The average Bonchev–Trinajstić information content (AvgIpc) is 3.65. The number of aromatic nitrogens is 1. The van der Waals surface area contributed by atoms with Crippen LogP contribution in [0.3, 0.4) is 0 Å². The van der Waals surface area contributed by atoms with Gasteiger partial charge in [0.1, 0.15) is 24.3 Å². The fourth-order valence-corrected chi connectivity index (χ4v) is 6.10. The summed E-state index contributed by atoms with van der Waals surface area (Å²) in [7, 11) is 1.25. The van der Waals surface area contributed by atoms with Gasteiger partial charge in [-0.3, -0.25) is 14.4 Å². The summed E-state index contributed by atoms with van der Waals surface area (Å²) in [6, 6.07) is 25.4. The van der Waals surface area contributed by atoms with Gasteiger partial charge in [-0.25, -0.2) is 4.98 Å². The zero-order valence-electron chi connectivity index (χ0n) is 29.4. The highest BCUT2D eigenvalue weighted by molar-refractivity contribution is 5.97. The molecule has 0 radical (unpaired) electrons. The van der Waals surface area contributed by atoms with Crippen LogP contribution in [0.1, 0.15) is 45.6 Å². The number of carboxylic acids is 1. The summed E-state index contributed by atoms with van der Waals surface area (Å²) in [6.45, 7) is 1.59. The Labute approximate surface area is 309 Å². The maximum atomic E-state index is 13.6. The average molecular weight is 736 g/mol. The van der Waals surface area contributed by atoms with Gasteiger partial charge in [-0.2, -0.15) is 13.2 Å². The van der Waals surface area contributed by atoms with E-state index in [4.69, 9.17) is 14.1 Å². The number of hydrogen-bond donors (Lipinski definition) is 2. The van der Waals surface area contributed by atoms with Crippen molar-refractivity contribution in [1.82, 2.24) is 9.88 Å². The van der Waals surface area contributed by atoms with E-state index in [1.807, 2.05) is 36.4 Å². The number of aryl methyl sites for hydroxylation is 1. The smallest absolute Gasteiger partial charge is 0.416 e. The molecule has 6 rings (SSSR count). The molecular formula is C42H36F3N3O6. The molecule has 4 aromatic carbocycles. The SMILES string of the molecule is COc1ccc(CC(=O)Nc2ccc(C(=O)N(CC(=O)O)CC3=CC=C(c4coc(-c5ccc(-c6ccc(C)cc6)cc5)n4)CC3)cc2)c(C(F)(F)F)c1. The van der Waals surface area contributed by atoms with E-state index in [1.54, 1.807) is 6.26 Å². The van der Waals surface area contributed by atoms with Crippen LogP contribution in [-0.2, 0) is 22.2 Å². The zero-order chi connectivity index (χ0) is 38.4. The fourth-order valence-electron chi connectivity index (χ4n) is 6.10. The second-order valence-corrected chi connectivity index (χ2v) is 12.9. The van der Waals surface area contributed by atoms with Gasteiger partial charge < -0.3 is 24.5 Å². The number of carboxylic acid groups (broad SMARTS) is 1. The molecule has 276 valence electrons. The Bertz CT molecular complexity index is 2220. The Morgan fingerprint density at radius 1 is 0.889 bits per heavy atom. The predicted molar refractivity (Wildman–Crippen MR) is 198 cm³/mol. The zero-order valence-corrected chi connectivity index (χ0v) is 29.4. The minimum Gasteiger partial charge on any atom is -0.497 e. The third kappa shape index (κ3) is 9.13. The number of carbonyl (C=O) groups is 3. The second kappa shape index (κ2) is 16.1. The van der Waals surface area contributed by atoms with Crippen LogP contribution in [0.15, 0.2) is 119 Å². The van der Waals surface area contributed by atoms with Gasteiger partial charge in [0.05, 0.1) is 19.1 Å². The quantitative estimate of drug-likeness (QED) is 0.131. The van der Waals surface area contributed by atoms with Crippen LogP contribution in [0.5, 0.6) is 5.75 Å². The lowest BCUT2D eigenvalue weighted by Crippen LogP contribution is -2.37. The number of rotatable bonds is 12. The molecule has 1 aromatic heterocycles. The van der Waals surface area contributed by atoms with Gasteiger partial charge in [0.15, 0.2) is 0 Å². The largest absolute Gasteiger partial charge is 0.497 e. The number of anilines is 1. The molecule has 0 atom stereocenters. The van der Waals surface area contributed by atoms with Crippen molar-refractivity contribution < 1.29 is 41.8 Å². The van der Waals surface area contributed by atoms with E-state index in [1.165, 1.54) is 54.0 Å². The first-order valence-electron chi connectivity index (χ1n) is 17.0. The highest BCUT2D eigenvalue weighted by Gasteiger charge is 2.34. The number of aliphatic carboxylic acids is 1. The highest BCUT2D eigenvalue weighted by atomic mass is 19.4. The highest BCUT2D eigenvalue weighted by Crippen LogP contribution is 2.35. The Hall–Kier alpha value is -6.43. The number of hydrogen-bond acceptors (Lipinski definition) is 6. The van der Waals surface area contributed by atoms with Crippen molar-refractivity contribution in [3.63, 3.8) is 0 Å². The summed E-state index contributed by atoms with van der Waals surface area (Å²) in [6.07, 6.45) is 1.31. The van der Waals surface area contributed by atoms with Gasteiger partial charge in [-0.15, -0.1) is 0 Å². The lowest BCUT2D eigenvalue weighted by atomic mass is 9.96. The van der Waals surface area contributed by atoms with Crippen molar-refractivity contribution in [3.8, 4) is 28.3 Å². The maximum Gasteiger partial charge on any atom is 0.416 e. The van der Waals surface area contributed by atoms with E-state index >= 15 is 0 Å². The van der Waals surface area contributed by atoms with Crippen LogP contribution in [0.25, 0.3) is 28.2 Å². The van der Waals surface area contributed by atoms with E-state index in [-0.39, 0.29) is 29.1 Å². The molecule has 1 aliphatic carbocycles. The van der Waals surface area contributed by atoms with E-state index in [0.29, 0.717) is 24.4 Å². The number of alkyl halides is 3. The third-order valence-corrected chi connectivity index (χ3v) is 8.98. The molecule has 0 unspecified atom stereocenters. The Morgan fingerprint density at radius 3 is 2.17 bits per heavy atom. The Balaban J connectivity index is 1.08. The summed E-state index contributed by atoms with van der Waals surface area (Å²) in [5.41, 5.74) is 5.98. The standard InChI is InChI=1S/C42H36F3N3O6/c1-26-3-7-28(8-4-26)29-11-13-31(14-12-29)40-47-37(25-54-40)30-9-5-27(6-10-30)23-48(24-39(50)51)41(52)32-15-18-34(19-16-32)46-38(49)21-33-17-20-35(53-2)22-36(33)42(43,44)45/h3-5,7-9,11-20,22,25H,6,10,21,23-24H2,1-2H3,(H,46,49)(H,50,51). The van der Waals surface area contributed by atoms with Crippen molar-refractivity contribution in [2.75, 3.05) is 25.5 Å². The molecule has 2 N–H and O–H groups in total. The van der Waals surface area contributed by atoms with Gasteiger partial charge in [-0.05, 0) is 90.6 Å². The van der Waals surface area contributed by atoms with Gasteiger partial charge in [0.2, 0.25) is 11.8 Å². The molecular weight excluding hydrogens is 699 g/mol. The number of methoxy groups -OCH3 is 1. The predicted octanol–water partition coefficient (Wildman–Crippen LogP) is 8.86. The third-order valence-electron chi connectivity index (χ3n) is 8.98. The molecule has 0 saturated carbocycles. The molecule has 5 aromatic rings. The van der Waals surface area contributed by atoms with E-state index in [2.05, 4.69) is 36.5 Å². The van der Waals surface area contributed by atoms with Crippen LogP contribution in [0.4, 0.5) is 18.9 Å². The minimum absolute atomic E-state index is 0.0159. The van der Waals surface area contributed by atoms with Crippen molar-refractivity contribution >= 4 is 29.0 Å². The molecule has 9 nitrogen and oxygen atoms in total. The first-order valence-corrected chi connectivity index (χ1v) is 17.0. The molecule has 12 heteroatoms. The van der Waals surface area contributed by atoms with Crippen LogP contribution in [0.2, 0.25) is 0 Å². The Morgan fingerprint density at radius 2 is 1.56 bits per heavy atom. The summed E-state index contributed by atoms with van der Waals surface area (Å²) in [5, 5.41) is 12.1. The molecule has 0 aliphatic heterocycles. The van der Waals surface area contributed by atoms with Crippen LogP contribution < -0.4 is 10.1 Å². The van der Waals surface area contributed by atoms with Crippen molar-refractivity contribution in [1.29, 1.82) is 0 Å². The van der Waals surface area contributed by atoms with Gasteiger partial charge in [0.25, 0.3) is 5.91 Å². The summed E-state index contributed by atoms with van der Waals surface area (Å²) >= 11 is 0. The van der Waals surface area contributed by atoms with E-state index in [9.17, 15) is 32.7 Å². The topological polar surface area (TPSA) is 122 Å². The van der Waals surface area contributed by atoms with Crippen molar-refractivity contribution in [2.24, 2.45) is 0 Å². The molecule has 0 spiro atoms. The van der Waals surface area contributed by atoms with E-state index in [0.717, 1.165) is 33.9 Å². The second-order valence-electron chi connectivity index (χ2n) is 12.9. The molecule has 54 heavy (non-hydrogen) atoms. The number of benzene rings is 4. The normalized spacial score (nSPS) is 12.8. The number of halogens is 3. The first-order chi connectivity index (χ1) is 25.9. The summed E-state index contributed by atoms with van der Waals surface area (Å²) < 4.78 is 51.4. The number of ether oxygens (including phenoxy) is 1. The monoisotopic (exact) mass is 735 g/mol. The summed E-state index contributed by atoms with van der Waals surface area (Å²) in [4.78, 5) is 43.7. The number of amides is 2. The summed E-state index contributed by atoms with van der Waals surface area (Å²) in [5.74, 6) is -1.90. The number of nitrogens with zero attached hydrogens (tertiary/aromatic N) is 2. The van der Waals surface area contributed by atoms with Gasteiger partial charge >= 0.3 is 12.1 Å². The van der Waals surface area contributed by atoms with Gasteiger partial charge in [-0.1, -0.05) is 65.8 Å². The molecule has 1 heterocycles. The number of carbonyl (C=O) groups excluding carboxylic acids is 2. The lowest BCUT2D eigenvalue weighted by Gasteiger charge is -2.24. The van der Waals surface area contributed by atoms with Crippen LogP contribution in [0, 0.1) is 6.92 Å². The van der Waals surface area contributed by atoms with E-state index < -0.39 is 42.5 Å². The number of oxazole rings is 1. The van der Waals surface area contributed by atoms with Crippen molar-refractivity contribution in [3.05, 3.63) is 143 Å². The number of allylic oxidation sites excluding steroid dienone is 3. The molecule has 0 saturated heterocycles. The van der Waals surface area contributed by atoms with Crippen molar-refractivity contribution in [2.45, 2.75) is 32.4 Å². The van der Waals surface area contributed by atoms with Crippen LogP contribution in [-0.4, -0.2) is 53.0 Å².